The van der Waals surface area contributed by atoms with Crippen LogP contribution in [0.15, 0.2) is 0 Å². The molecule has 1 heterocycles. The summed E-state index contributed by atoms with van der Waals surface area (Å²) in [5.41, 5.74) is 5.04. The van der Waals surface area contributed by atoms with Crippen molar-refractivity contribution in [3.05, 3.63) is 0 Å². The molecule has 0 aliphatic carbocycles. The predicted octanol–water partition coefficient (Wildman–Crippen LogP) is -0.289. The summed E-state index contributed by atoms with van der Waals surface area (Å²) < 4.78 is 4.48. The van der Waals surface area contributed by atoms with Gasteiger partial charge in [0.25, 0.3) is 5.91 Å². The van der Waals surface area contributed by atoms with Crippen molar-refractivity contribution in [2.75, 3.05) is 0 Å². The van der Waals surface area contributed by atoms with E-state index in [9.17, 15) is 4.79 Å². The van der Waals surface area contributed by atoms with Crippen molar-refractivity contribution < 1.29 is 9.08 Å². The minimum atomic E-state index is -0.459. The lowest BCUT2D eigenvalue weighted by Gasteiger charge is -2.48. The average molecular weight is 162 g/mol. The SMILES string of the molecule is CC1(C)[C@H](N)C(=O)N1OS. The Morgan fingerprint density at radius 3 is 2.50 bits per heavy atom. The van der Waals surface area contributed by atoms with E-state index < -0.39 is 11.6 Å². The van der Waals surface area contributed by atoms with Gasteiger partial charge in [-0.1, -0.05) is 0 Å². The Morgan fingerprint density at radius 1 is 1.80 bits per heavy atom. The summed E-state index contributed by atoms with van der Waals surface area (Å²) in [6.45, 7) is 3.63. The number of β-lactam (4-membered cyclic amide) rings is 1. The number of hydrogen-bond acceptors (Lipinski definition) is 4. The fourth-order valence-electron chi connectivity index (χ4n) is 0.918. The topological polar surface area (TPSA) is 55.6 Å². The van der Waals surface area contributed by atoms with Gasteiger partial charge in [-0.2, -0.15) is 5.06 Å². The summed E-state index contributed by atoms with van der Waals surface area (Å²) in [5.74, 6) is -0.222. The quantitative estimate of drug-likeness (QED) is 0.316. The molecule has 0 aromatic carbocycles. The summed E-state index contributed by atoms with van der Waals surface area (Å²) in [6.07, 6.45) is 0. The summed E-state index contributed by atoms with van der Waals surface area (Å²) in [4.78, 5) is 10.8. The number of nitrogens with zero attached hydrogens (tertiary/aromatic N) is 1. The number of carbonyl (C=O) groups is 1. The monoisotopic (exact) mass is 162 g/mol. The van der Waals surface area contributed by atoms with Crippen LogP contribution in [0, 0.1) is 0 Å². The fraction of sp³-hybridized carbons (Fsp3) is 0.800. The molecule has 5 heteroatoms. The van der Waals surface area contributed by atoms with E-state index in [1.54, 1.807) is 0 Å². The number of hydrogen-bond donors (Lipinski definition) is 2. The first-order valence-electron chi connectivity index (χ1n) is 2.93. The van der Waals surface area contributed by atoms with Crippen LogP contribution in [0.4, 0.5) is 0 Å². The summed E-state index contributed by atoms with van der Waals surface area (Å²) in [5, 5.41) is 1.15. The third-order valence-corrected chi connectivity index (χ3v) is 2.00. The number of nitrogens with two attached hydrogens (primary N) is 1. The van der Waals surface area contributed by atoms with Crippen LogP contribution in [0.25, 0.3) is 0 Å². The first kappa shape index (κ1) is 7.84. The zero-order valence-electron chi connectivity index (χ0n) is 5.87. The van der Waals surface area contributed by atoms with Gasteiger partial charge in [0.2, 0.25) is 0 Å². The van der Waals surface area contributed by atoms with Crippen molar-refractivity contribution in [1.29, 1.82) is 0 Å². The van der Waals surface area contributed by atoms with E-state index in [-0.39, 0.29) is 5.91 Å². The van der Waals surface area contributed by atoms with E-state index in [0.29, 0.717) is 0 Å². The molecule has 0 aromatic rings. The molecule has 1 atom stereocenters. The number of amides is 1. The highest BCUT2D eigenvalue weighted by Gasteiger charge is 2.53. The van der Waals surface area contributed by atoms with Crippen molar-refractivity contribution >= 4 is 18.8 Å². The molecule has 1 saturated heterocycles. The normalized spacial score (nSPS) is 30.2. The van der Waals surface area contributed by atoms with Crippen molar-refractivity contribution in [3.63, 3.8) is 0 Å². The van der Waals surface area contributed by atoms with E-state index in [4.69, 9.17) is 5.73 Å². The third-order valence-electron chi connectivity index (χ3n) is 1.83. The molecular formula is C5H10N2O2S. The second-order valence-corrected chi connectivity index (χ2v) is 3.01. The van der Waals surface area contributed by atoms with Gasteiger partial charge in [-0.15, -0.1) is 0 Å². The van der Waals surface area contributed by atoms with Gasteiger partial charge in [-0.25, -0.2) is 4.28 Å². The molecule has 0 radical (unpaired) electrons. The van der Waals surface area contributed by atoms with E-state index in [1.165, 1.54) is 0 Å². The highest BCUT2D eigenvalue weighted by molar-refractivity contribution is 7.75. The van der Waals surface area contributed by atoms with Crippen LogP contribution in [0.2, 0.25) is 0 Å². The molecule has 0 saturated carbocycles. The molecule has 1 fully saturated rings. The Bertz CT molecular complexity index is 171. The lowest BCUT2D eigenvalue weighted by atomic mass is 9.86. The molecule has 1 rings (SSSR count). The lowest BCUT2D eigenvalue weighted by molar-refractivity contribution is -0.208. The van der Waals surface area contributed by atoms with Gasteiger partial charge >= 0.3 is 0 Å². The maximum Gasteiger partial charge on any atom is 0.267 e. The Labute approximate surface area is 64.9 Å². The van der Waals surface area contributed by atoms with Gasteiger partial charge in [-0.05, 0) is 13.8 Å². The minimum Gasteiger partial charge on any atom is -0.318 e. The van der Waals surface area contributed by atoms with Crippen LogP contribution >= 0.6 is 12.9 Å². The Morgan fingerprint density at radius 2 is 2.30 bits per heavy atom. The smallest absolute Gasteiger partial charge is 0.267 e. The molecule has 10 heavy (non-hydrogen) atoms. The van der Waals surface area contributed by atoms with Crippen LogP contribution in [-0.4, -0.2) is 22.6 Å². The molecule has 58 valence electrons. The maximum atomic E-state index is 10.8. The lowest BCUT2D eigenvalue weighted by Crippen LogP contribution is -2.73. The molecule has 1 amide bonds. The van der Waals surface area contributed by atoms with Gasteiger partial charge < -0.3 is 5.73 Å². The molecule has 2 N–H and O–H groups in total. The predicted molar refractivity (Wildman–Crippen MR) is 39.0 cm³/mol. The van der Waals surface area contributed by atoms with E-state index in [1.807, 2.05) is 13.8 Å². The highest BCUT2D eigenvalue weighted by atomic mass is 32.1. The molecule has 1 aliphatic heterocycles. The number of thiol groups is 1. The van der Waals surface area contributed by atoms with Gasteiger partial charge in [-0.3, -0.25) is 4.79 Å². The first-order valence-corrected chi connectivity index (χ1v) is 3.29. The Balaban J connectivity index is 2.71. The number of hydroxylamine groups is 2. The van der Waals surface area contributed by atoms with E-state index in [2.05, 4.69) is 17.2 Å². The van der Waals surface area contributed by atoms with Gasteiger partial charge in [0, 0.05) is 12.9 Å². The Hall–Kier alpha value is -0.260. The second kappa shape index (κ2) is 2.11. The van der Waals surface area contributed by atoms with Crippen molar-refractivity contribution in [2.45, 2.75) is 25.4 Å². The molecule has 4 nitrogen and oxygen atoms in total. The summed E-state index contributed by atoms with van der Waals surface area (Å²) in [6, 6.07) is -0.459. The van der Waals surface area contributed by atoms with Crippen molar-refractivity contribution in [1.82, 2.24) is 5.06 Å². The first-order chi connectivity index (χ1) is 4.51. The van der Waals surface area contributed by atoms with Crippen LogP contribution < -0.4 is 5.73 Å². The molecular weight excluding hydrogens is 152 g/mol. The van der Waals surface area contributed by atoms with E-state index in [0.717, 1.165) is 5.06 Å². The average Bonchev–Trinajstić information content (AvgIpc) is 1.88. The highest BCUT2D eigenvalue weighted by Crippen LogP contribution is 2.30. The molecule has 0 spiro atoms. The molecule has 1 aliphatic rings. The largest absolute Gasteiger partial charge is 0.318 e. The van der Waals surface area contributed by atoms with Gasteiger partial charge in [0.1, 0.15) is 6.04 Å². The zero-order chi connectivity index (χ0) is 7.94. The maximum absolute atomic E-state index is 10.8. The Kier molecular flexibility index (Phi) is 1.66. The molecule has 0 aromatic heterocycles. The molecule has 0 bridgehead atoms. The zero-order valence-corrected chi connectivity index (χ0v) is 6.76. The van der Waals surface area contributed by atoms with Crippen molar-refractivity contribution in [3.8, 4) is 0 Å². The third kappa shape index (κ3) is 0.744. The fourth-order valence-corrected chi connectivity index (χ4v) is 1.21. The summed E-state index contributed by atoms with van der Waals surface area (Å²) in [7, 11) is 0. The van der Waals surface area contributed by atoms with Gasteiger partial charge in [0.15, 0.2) is 0 Å². The molecule has 0 unspecified atom stereocenters. The minimum absolute atomic E-state index is 0.222. The summed E-state index contributed by atoms with van der Waals surface area (Å²) >= 11 is 3.51. The van der Waals surface area contributed by atoms with Crippen LogP contribution in [-0.2, 0) is 9.08 Å². The van der Waals surface area contributed by atoms with Crippen molar-refractivity contribution in [2.24, 2.45) is 5.73 Å². The van der Waals surface area contributed by atoms with Crippen LogP contribution in [0.1, 0.15) is 13.8 Å². The number of carbonyl (C=O) groups excluding carboxylic acids is 1. The van der Waals surface area contributed by atoms with Gasteiger partial charge in [0.05, 0.1) is 5.54 Å². The van der Waals surface area contributed by atoms with Crippen LogP contribution in [0.5, 0.6) is 0 Å². The van der Waals surface area contributed by atoms with Crippen LogP contribution in [0.3, 0.4) is 0 Å². The standard InChI is InChI=1S/C5H10N2O2S/c1-5(2)3(6)4(8)7(5)9-10/h3,10H,6H2,1-2H3/t3-/m1/s1. The number of rotatable bonds is 1. The second-order valence-electron chi connectivity index (χ2n) is 2.85. The van der Waals surface area contributed by atoms with E-state index >= 15 is 0 Å².